The third-order valence-electron chi connectivity index (χ3n) is 4.81. The molecule has 1 fully saturated rings. The van der Waals surface area contributed by atoms with E-state index in [-0.39, 0.29) is 17.9 Å². The molecule has 1 aromatic carbocycles. The van der Waals surface area contributed by atoms with Crippen LogP contribution < -0.4 is 10.3 Å². The minimum Gasteiger partial charge on any atom is -0.497 e. The molecule has 0 bridgehead atoms. The van der Waals surface area contributed by atoms with Crippen LogP contribution in [0, 0.1) is 0 Å². The molecule has 1 saturated heterocycles. The maximum absolute atomic E-state index is 12.6. The molecule has 1 aliphatic heterocycles. The number of hydrogen-bond donors (Lipinski definition) is 1. The number of H-pyrrole nitrogens is 1. The van der Waals surface area contributed by atoms with Crippen LogP contribution in [-0.2, 0) is 17.0 Å². The lowest BCUT2D eigenvalue weighted by molar-refractivity contribution is -0.132. The Labute approximate surface area is 169 Å². The molecular formula is C20H26N4O3S. The van der Waals surface area contributed by atoms with Crippen LogP contribution in [0.4, 0.5) is 0 Å². The van der Waals surface area contributed by atoms with Crippen LogP contribution in [0.3, 0.4) is 0 Å². The molecule has 0 saturated carbocycles. The zero-order chi connectivity index (χ0) is 19.9. The van der Waals surface area contributed by atoms with E-state index >= 15 is 0 Å². The normalized spacial score (nSPS) is 14.9. The molecule has 0 spiro atoms. The number of ether oxygens (including phenoxy) is 1. The van der Waals surface area contributed by atoms with Crippen molar-refractivity contribution in [2.45, 2.75) is 24.3 Å². The Morgan fingerprint density at radius 1 is 1.21 bits per heavy atom. The zero-order valence-electron chi connectivity index (χ0n) is 16.3. The maximum Gasteiger partial charge on any atom is 0.251 e. The van der Waals surface area contributed by atoms with Gasteiger partial charge in [-0.05, 0) is 24.2 Å². The van der Waals surface area contributed by atoms with Crippen molar-refractivity contribution >= 4 is 17.7 Å². The van der Waals surface area contributed by atoms with E-state index < -0.39 is 0 Å². The fourth-order valence-electron chi connectivity index (χ4n) is 3.10. The summed E-state index contributed by atoms with van der Waals surface area (Å²) in [5, 5.41) is 0.530. The van der Waals surface area contributed by atoms with Gasteiger partial charge in [-0.2, -0.15) is 0 Å². The lowest BCUT2D eigenvalue weighted by Gasteiger charge is -2.34. The van der Waals surface area contributed by atoms with Crippen molar-refractivity contribution in [2.75, 3.05) is 39.8 Å². The Balaban J connectivity index is 1.59. The number of amides is 1. The molecule has 28 heavy (non-hydrogen) atoms. The molecule has 0 aliphatic carbocycles. The van der Waals surface area contributed by atoms with E-state index in [9.17, 15) is 9.59 Å². The molecule has 1 N–H and O–H groups in total. The van der Waals surface area contributed by atoms with Crippen LogP contribution in [0.15, 0.2) is 40.3 Å². The largest absolute Gasteiger partial charge is 0.497 e. The number of carbonyl (C=O) groups is 1. The van der Waals surface area contributed by atoms with Gasteiger partial charge in [0.05, 0.1) is 19.2 Å². The van der Waals surface area contributed by atoms with Crippen LogP contribution in [-0.4, -0.2) is 65.5 Å². The summed E-state index contributed by atoms with van der Waals surface area (Å²) in [5.74, 6) is 1.50. The van der Waals surface area contributed by atoms with Crippen LogP contribution in [0.25, 0.3) is 0 Å². The molecule has 150 valence electrons. The van der Waals surface area contributed by atoms with Crippen LogP contribution in [0.1, 0.15) is 18.2 Å². The SMILES string of the molecule is CCN1CCN(C(=O)Cc2cc(=O)[nH]c(SCc3ccc(OC)cc3)n2)CC1. The molecule has 1 aliphatic rings. The molecule has 3 rings (SSSR count). The van der Waals surface area contributed by atoms with E-state index in [1.54, 1.807) is 7.11 Å². The topological polar surface area (TPSA) is 78.5 Å². The van der Waals surface area contributed by atoms with Gasteiger partial charge in [-0.1, -0.05) is 30.8 Å². The number of nitrogens with zero attached hydrogens (tertiary/aromatic N) is 3. The Kier molecular flexibility index (Phi) is 7.11. The van der Waals surface area contributed by atoms with Gasteiger partial charge in [-0.25, -0.2) is 4.98 Å². The van der Waals surface area contributed by atoms with Gasteiger partial charge in [0.25, 0.3) is 5.56 Å². The third-order valence-corrected chi connectivity index (χ3v) is 5.76. The van der Waals surface area contributed by atoms with Gasteiger partial charge in [-0.3, -0.25) is 9.59 Å². The fraction of sp³-hybridized carbons (Fsp3) is 0.450. The van der Waals surface area contributed by atoms with E-state index in [0.717, 1.165) is 44.0 Å². The summed E-state index contributed by atoms with van der Waals surface area (Å²) in [6.07, 6.45) is 0.159. The Hall–Kier alpha value is -2.32. The molecule has 1 amide bonds. The number of rotatable bonds is 7. The number of carbonyl (C=O) groups excluding carboxylic acids is 1. The summed E-state index contributed by atoms with van der Waals surface area (Å²) in [5.41, 5.74) is 1.39. The highest BCUT2D eigenvalue weighted by atomic mass is 32.2. The molecule has 2 heterocycles. The zero-order valence-corrected chi connectivity index (χ0v) is 17.1. The van der Waals surface area contributed by atoms with E-state index in [2.05, 4.69) is 21.8 Å². The van der Waals surface area contributed by atoms with Crippen molar-refractivity contribution < 1.29 is 9.53 Å². The number of hydrogen-bond acceptors (Lipinski definition) is 6. The predicted octanol–water partition coefficient (Wildman–Crippen LogP) is 1.78. The van der Waals surface area contributed by atoms with Crippen LogP contribution in [0.5, 0.6) is 5.75 Å². The number of aromatic nitrogens is 2. The van der Waals surface area contributed by atoms with Gasteiger partial charge in [0.2, 0.25) is 5.91 Å². The summed E-state index contributed by atoms with van der Waals surface area (Å²) in [4.78, 5) is 36.0. The number of piperazine rings is 1. The first kappa shape index (κ1) is 20.4. The summed E-state index contributed by atoms with van der Waals surface area (Å²) >= 11 is 1.44. The summed E-state index contributed by atoms with van der Waals surface area (Å²) in [7, 11) is 1.63. The predicted molar refractivity (Wildman–Crippen MR) is 110 cm³/mol. The van der Waals surface area contributed by atoms with Gasteiger partial charge >= 0.3 is 0 Å². The molecule has 7 nitrogen and oxygen atoms in total. The molecule has 0 atom stereocenters. The van der Waals surface area contributed by atoms with E-state index in [0.29, 0.717) is 16.6 Å². The average Bonchev–Trinajstić information content (AvgIpc) is 2.72. The highest BCUT2D eigenvalue weighted by Gasteiger charge is 2.21. The van der Waals surface area contributed by atoms with Gasteiger partial charge in [0.1, 0.15) is 5.75 Å². The lowest BCUT2D eigenvalue weighted by atomic mass is 10.2. The number of likely N-dealkylation sites (N-methyl/N-ethyl adjacent to an activating group) is 1. The Bertz CT molecular complexity index is 845. The number of nitrogens with one attached hydrogen (secondary N) is 1. The van der Waals surface area contributed by atoms with Gasteiger partial charge < -0.3 is 19.5 Å². The summed E-state index contributed by atoms with van der Waals surface area (Å²) in [6, 6.07) is 9.18. The molecule has 1 aromatic heterocycles. The third kappa shape index (κ3) is 5.59. The first-order valence-corrected chi connectivity index (χ1v) is 10.4. The van der Waals surface area contributed by atoms with Crippen molar-refractivity contribution in [1.82, 2.24) is 19.8 Å². The monoisotopic (exact) mass is 402 g/mol. The first-order valence-electron chi connectivity index (χ1n) is 9.43. The second-order valence-corrected chi connectivity index (χ2v) is 7.63. The van der Waals surface area contributed by atoms with Gasteiger partial charge in [0.15, 0.2) is 5.16 Å². The van der Waals surface area contributed by atoms with Crippen molar-refractivity contribution in [3.63, 3.8) is 0 Å². The fourth-order valence-corrected chi connectivity index (χ4v) is 3.95. The van der Waals surface area contributed by atoms with Crippen molar-refractivity contribution in [1.29, 1.82) is 0 Å². The molecule has 2 aromatic rings. The van der Waals surface area contributed by atoms with Crippen LogP contribution in [0.2, 0.25) is 0 Å². The van der Waals surface area contributed by atoms with Crippen molar-refractivity contribution in [3.05, 3.63) is 51.9 Å². The quantitative estimate of drug-likeness (QED) is 0.562. The van der Waals surface area contributed by atoms with Crippen molar-refractivity contribution in [2.24, 2.45) is 0 Å². The number of benzene rings is 1. The number of methoxy groups -OCH3 is 1. The highest BCUT2D eigenvalue weighted by molar-refractivity contribution is 7.98. The highest BCUT2D eigenvalue weighted by Crippen LogP contribution is 2.20. The summed E-state index contributed by atoms with van der Waals surface area (Å²) < 4.78 is 5.16. The number of aromatic amines is 1. The minimum atomic E-state index is -0.231. The molecular weight excluding hydrogens is 376 g/mol. The lowest BCUT2D eigenvalue weighted by Crippen LogP contribution is -2.49. The number of thioether (sulfide) groups is 1. The Morgan fingerprint density at radius 2 is 1.93 bits per heavy atom. The van der Waals surface area contributed by atoms with Crippen LogP contribution >= 0.6 is 11.8 Å². The smallest absolute Gasteiger partial charge is 0.251 e. The second-order valence-electron chi connectivity index (χ2n) is 6.67. The second kappa shape index (κ2) is 9.75. The Morgan fingerprint density at radius 3 is 2.57 bits per heavy atom. The standard InChI is InChI=1S/C20H26N4O3S/c1-3-23-8-10-24(11-9-23)19(26)13-16-12-18(25)22-20(21-16)28-14-15-4-6-17(27-2)7-5-15/h4-7,12H,3,8-11,13-14H2,1-2H3,(H,21,22,25). The molecule has 0 unspecified atom stereocenters. The maximum atomic E-state index is 12.6. The average molecular weight is 403 g/mol. The molecule has 0 radical (unpaired) electrons. The minimum absolute atomic E-state index is 0.0277. The first-order chi connectivity index (χ1) is 13.6. The molecule has 8 heteroatoms. The van der Waals surface area contributed by atoms with Gasteiger partial charge in [-0.15, -0.1) is 0 Å². The van der Waals surface area contributed by atoms with E-state index in [1.807, 2.05) is 29.2 Å². The van der Waals surface area contributed by atoms with E-state index in [4.69, 9.17) is 4.74 Å². The summed E-state index contributed by atoms with van der Waals surface area (Å²) in [6.45, 7) is 6.39. The van der Waals surface area contributed by atoms with Gasteiger partial charge in [0, 0.05) is 38.0 Å². The van der Waals surface area contributed by atoms with E-state index in [1.165, 1.54) is 17.8 Å². The van der Waals surface area contributed by atoms with Crippen molar-refractivity contribution in [3.8, 4) is 5.75 Å².